The number of rotatable bonds is 1. The summed E-state index contributed by atoms with van der Waals surface area (Å²) in [7, 11) is 1.87. The molecule has 0 aromatic carbocycles. The molecule has 1 spiro atoms. The van der Waals surface area contributed by atoms with Gasteiger partial charge in [0.2, 0.25) is 0 Å². The summed E-state index contributed by atoms with van der Waals surface area (Å²) in [4.78, 5) is 0. The van der Waals surface area contributed by atoms with E-state index in [1.165, 1.54) is 0 Å². The predicted octanol–water partition coefficient (Wildman–Crippen LogP) is 2.76. The molecule has 4 aliphatic rings. The van der Waals surface area contributed by atoms with Crippen LogP contribution in [0.3, 0.4) is 0 Å². The third kappa shape index (κ3) is 0.805. The van der Waals surface area contributed by atoms with Crippen LogP contribution >= 0.6 is 0 Å². The zero-order valence-corrected chi connectivity index (χ0v) is 11.9. The number of methoxy groups -OCH3 is 1. The Morgan fingerprint density at radius 3 is 2.50 bits per heavy atom. The van der Waals surface area contributed by atoms with Gasteiger partial charge in [0, 0.05) is 24.4 Å². The molecular formula is C16H24O2. The van der Waals surface area contributed by atoms with Gasteiger partial charge in [-0.2, -0.15) is 0 Å². The van der Waals surface area contributed by atoms with Crippen molar-refractivity contribution in [2.45, 2.75) is 51.2 Å². The molecule has 18 heavy (non-hydrogen) atoms. The number of hydrogen-bond acceptors (Lipinski definition) is 2. The summed E-state index contributed by atoms with van der Waals surface area (Å²) in [5, 5.41) is 11.3. The first kappa shape index (κ1) is 11.5. The van der Waals surface area contributed by atoms with Crippen LogP contribution in [0.25, 0.3) is 0 Å². The molecule has 0 saturated heterocycles. The molecular weight excluding hydrogens is 224 g/mol. The molecule has 100 valence electrons. The summed E-state index contributed by atoms with van der Waals surface area (Å²) in [6, 6.07) is 0. The average molecular weight is 248 g/mol. The molecule has 0 radical (unpaired) electrons. The van der Waals surface area contributed by atoms with Crippen molar-refractivity contribution in [3.8, 4) is 0 Å². The first-order valence-electron chi connectivity index (χ1n) is 7.30. The van der Waals surface area contributed by atoms with Gasteiger partial charge >= 0.3 is 0 Å². The van der Waals surface area contributed by atoms with E-state index in [0.717, 1.165) is 19.3 Å². The Hall–Kier alpha value is -0.340. The molecule has 0 amide bonds. The highest BCUT2D eigenvalue weighted by Crippen LogP contribution is 2.87. The van der Waals surface area contributed by atoms with Crippen molar-refractivity contribution in [1.82, 2.24) is 0 Å². The van der Waals surface area contributed by atoms with Crippen LogP contribution in [0.2, 0.25) is 0 Å². The van der Waals surface area contributed by atoms with Crippen molar-refractivity contribution in [2.75, 3.05) is 7.11 Å². The van der Waals surface area contributed by atoms with Gasteiger partial charge in [0.05, 0.1) is 11.2 Å². The van der Waals surface area contributed by atoms with E-state index < -0.39 is 5.60 Å². The van der Waals surface area contributed by atoms with Crippen LogP contribution in [0, 0.1) is 28.6 Å². The summed E-state index contributed by atoms with van der Waals surface area (Å²) in [6.07, 6.45) is 7.94. The van der Waals surface area contributed by atoms with E-state index in [2.05, 4.69) is 32.9 Å². The van der Waals surface area contributed by atoms with Crippen LogP contribution in [-0.2, 0) is 4.74 Å². The highest BCUT2D eigenvalue weighted by atomic mass is 16.5. The quantitative estimate of drug-likeness (QED) is 0.723. The van der Waals surface area contributed by atoms with Crippen LogP contribution < -0.4 is 0 Å². The van der Waals surface area contributed by atoms with Crippen molar-refractivity contribution in [3.63, 3.8) is 0 Å². The van der Waals surface area contributed by atoms with E-state index in [1.807, 2.05) is 7.11 Å². The first-order chi connectivity index (χ1) is 8.34. The summed E-state index contributed by atoms with van der Waals surface area (Å²) in [5.74, 6) is 1.55. The zero-order chi connectivity index (χ0) is 13.0. The summed E-state index contributed by atoms with van der Waals surface area (Å²) in [5.41, 5.74) is -0.212. The molecule has 0 aliphatic heterocycles. The minimum Gasteiger partial charge on any atom is -0.389 e. The van der Waals surface area contributed by atoms with Crippen LogP contribution in [0.5, 0.6) is 0 Å². The van der Waals surface area contributed by atoms with Crippen molar-refractivity contribution in [1.29, 1.82) is 0 Å². The number of ether oxygens (including phenoxy) is 1. The second-order valence-electron chi connectivity index (χ2n) is 7.97. The highest BCUT2D eigenvalue weighted by molar-refractivity contribution is 5.47. The lowest BCUT2D eigenvalue weighted by molar-refractivity contribution is -0.0969. The smallest absolute Gasteiger partial charge is 0.0876 e. The third-order valence-electron chi connectivity index (χ3n) is 6.99. The second-order valence-corrected chi connectivity index (χ2v) is 7.97. The Morgan fingerprint density at radius 2 is 1.94 bits per heavy atom. The minimum atomic E-state index is -0.508. The maximum Gasteiger partial charge on any atom is 0.0876 e. The molecule has 3 saturated carbocycles. The van der Waals surface area contributed by atoms with Gasteiger partial charge in [-0.05, 0) is 30.6 Å². The van der Waals surface area contributed by atoms with Crippen molar-refractivity contribution < 1.29 is 9.84 Å². The fraction of sp³-hybridized carbons (Fsp3) is 0.875. The van der Waals surface area contributed by atoms with Crippen LogP contribution in [0.1, 0.15) is 40.0 Å². The normalized spacial score (nSPS) is 59.9. The van der Waals surface area contributed by atoms with E-state index in [-0.39, 0.29) is 16.4 Å². The lowest BCUT2D eigenvalue weighted by Crippen LogP contribution is -2.47. The fourth-order valence-electron chi connectivity index (χ4n) is 6.15. The Morgan fingerprint density at radius 1 is 1.22 bits per heavy atom. The molecule has 0 bridgehead atoms. The van der Waals surface area contributed by atoms with E-state index >= 15 is 0 Å². The van der Waals surface area contributed by atoms with E-state index in [4.69, 9.17) is 4.74 Å². The van der Waals surface area contributed by atoms with Gasteiger partial charge in [0.15, 0.2) is 0 Å². The van der Waals surface area contributed by atoms with Gasteiger partial charge in [-0.1, -0.05) is 32.9 Å². The van der Waals surface area contributed by atoms with Gasteiger partial charge in [0.1, 0.15) is 0 Å². The van der Waals surface area contributed by atoms with E-state index in [9.17, 15) is 5.11 Å². The van der Waals surface area contributed by atoms with Gasteiger partial charge in [-0.15, -0.1) is 0 Å². The number of aliphatic hydroxyl groups is 1. The molecule has 0 aromatic heterocycles. The van der Waals surface area contributed by atoms with Crippen molar-refractivity contribution >= 4 is 0 Å². The SMILES string of the molecule is COC12C3C=CC1C21CC[C@](O)(C(C)(C)C)C1C3. The zero-order valence-electron chi connectivity index (χ0n) is 11.9. The standard InChI is InChI=1S/C16H24O2/c1-13(2,3)15(17)8-7-14-11-6-5-10(9-12(14)15)16(11,14)18-4/h5-6,10-12,17H,7-9H2,1-4H3/t10?,11?,12?,14?,15-,16?/m1/s1. The van der Waals surface area contributed by atoms with Crippen LogP contribution in [0.4, 0.5) is 0 Å². The monoisotopic (exact) mass is 248 g/mol. The molecule has 1 N–H and O–H groups in total. The lowest BCUT2D eigenvalue weighted by atomic mass is 9.68. The second kappa shape index (κ2) is 2.73. The van der Waals surface area contributed by atoms with Crippen molar-refractivity contribution in [3.05, 3.63) is 12.2 Å². The molecule has 3 fully saturated rings. The van der Waals surface area contributed by atoms with Crippen molar-refractivity contribution in [2.24, 2.45) is 28.6 Å². The topological polar surface area (TPSA) is 29.5 Å². The average Bonchev–Trinajstić information content (AvgIpc) is 2.54. The molecule has 6 atom stereocenters. The van der Waals surface area contributed by atoms with Gasteiger partial charge in [-0.25, -0.2) is 0 Å². The predicted molar refractivity (Wildman–Crippen MR) is 70.0 cm³/mol. The Kier molecular flexibility index (Phi) is 1.74. The molecule has 4 aliphatic carbocycles. The third-order valence-corrected chi connectivity index (χ3v) is 6.99. The van der Waals surface area contributed by atoms with Crippen LogP contribution in [0.15, 0.2) is 12.2 Å². The van der Waals surface area contributed by atoms with Crippen LogP contribution in [-0.4, -0.2) is 23.4 Å². The molecule has 0 aromatic rings. The Bertz CT molecular complexity index is 449. The molecule has 2 heteroatoms. The minimum absolute atomic E-state index is 0.0347. The summed E-state index contributed by atoms with van der Waals surface area (Å²) < 4.78 is 6.00. The summed E-state index contributed by atoms with van der Waals surface area (Å²) in [6.45, 7) is 6.57. The van der Waals surface area contributed by atoms with Gasteiger partial charge in [-0.3, -0.25) is 0 Å². The highest BCUT2D eigenvalue weighted by Gasteiger charge is 2.90. The largest absolute Gasteiger partial charge is 0.389 e. The maximum absolute atomic E-state index is 11.3. The van der Waals surface area contributed by atoms with Gasteiger partial charge in [0.25, 0.3) is 0 Å². The molecule has 2 nitrogen and oxygen atoms in total. The first-order valence-corrected chi connectivity index (χ1v) is 7.30. The summed E-state index contributed by atoms with van der Waals surface area (Å²) >= 11 is 0. The Balaban J connectivity index is 1.81. The fourth-order valence-corrected chi connectivity index (χ4v) is 6.15. The molecule has 5 unspecified atom stereocenters. The van der Waals surface area contributed by atoms with E-state index in [1.54, 1.807) is 0 Å². The van der Waals surface area contributed by atoms with E-state index in [0.29, 0.717) is 17.8 Å². The number of hydrogen-bond donors (Lipinski definition) is 1. The maximum atomic E-state index is 11.3. The molecule has 0 heterocycles. The Labute approximate surface area is 109 Å². The lowest BCUT2D eigenvalue weighted by Gasteiger charge is -2.42. The molecule has 4 rings (SSSR count). The van der Waals surface area contributed by atoms with Gasteiger partial charge < -0.3 is 9.84 Å².